The number of nitrogens with one attached hydrogen (secondary N) is 1. The molecule has 2 rings (SSSR count). The maximum Gasteiger partial charge on any atom is 0.244 e. The zero-order valence-electron chi connectivity index (χ0n) is 7.63. The summed E-state index contributed by atoms with van der Waals surface area (Å²) in [6, 6.07) is 4.60. The Morgan fingerprint density at radius 2 is 2.00 bits per heavy atom. The molecule has 1 aliphatic carbocycles. The van der Waals surface area contributed by atoms with E-state index in [1.165, 1.54) is 12.1 Å². The minimum absolute atomic E-state index is 0.315. The highest BCUT2D eigenvalue weighted by atomic mass is 79.9. The Hall–Kier alpha value is -0.460. The molecule has 81 valence electrons. The van der Waals surface area contributed by atoms with E-state index < -0.39 is 15.8 Å². The topological polar surface area (TPSA) is 46.2 Å². The quantitative estimate of drug-likeness (QED) is 0.928. The van der Waals surface area contributed by atoms with Crippen LogP contribution in [0.2, 0.25) is 0 Å². The van der Waals surface area contributed by atoms with Crippen molar-refractivity contribution in [2.75, 3.05) is 0 Å². The third-order valence-electron chi connectivity index (χ3n) is 1.96. The summed E-state index contributed by atoms with van der Waals surface area (Å²) in [6.07, 6.45) is 1.49. The maximum absolute atomic E-state index is 13.4. The van der Waals surface area contributed by atoms with Gasteiger partial charge in [0.2, 0.25) is 10.0 Å². The van der Waals surface area contributed by atoms with Gasteiger partial charge in [-0.3, -0.25) is 0 Å². The summed E-state index contributed by atoms with van der Waals surface area (Å²) in [5.74, 6) is -0.752. The molecule has 1 fully saturated rings. The second-order valence-corrected chi connectivity index (χ2v) is 5.85. The number of rotatable bonds is 3. The SMILES string of the molecule is O=S(=O)(N[C]1CC1)c1ccc(Br)cc1F. The van der Waals surface area contributed by atoms with Crippen molar-refractivity contribution in [2.24, 2.45) is 0 Å². The molecule has 0 bridgehead atoms. The summed E-state index contributed by atoms with van der Waals surface area (Å²) in [6.45, 7) is 0. The van der Waals surface area contributed by atoms with Crippen LogP contribution in [0.4, 0.5) is 4.39 Å². The molecule has 0 unspecified atom stereocenters. The van der Waals surface area contributed by atoms with Crippen molar-refractivity contribution in [3.63, 3.8) is 0 Å². The molecule has 0 aliphatic heterocycles. The van der Waals surface area contributed by atoms with Gasteiger partial charge in [-0.1, -0.05) is 15.9 Å². The normalized spacial score (nSPS) is 16.7. The van der Waals surface area contributed by atoms with Crippen LogP contribution in [-0.4, -0.2) is 8.42 Å². The van der Waals surface area contributed by atoms with Gasteiger partial charge in [-0.2, -0.15) is 0 Å². The van der Waals surface area contributed by atoms with E-state index in [0.29, 0.717) is 4.47 Å². The molecule has 0 atom stereocenters. The van der Waals surface area contributed by atoms with Crippen LogP contribution in [0.15, 0.2) is 27.6 Å². The van der Waals surface area contributed by atoms with E-state index in [0.717, 1.165) is 24.9 Å². The highest BCUT2D eigenvalue weighted by Crippen LogP contribution is 2.31. The Balaban J connectivity index is 2.34. The lowest BCUT2D eigenvalue weighted by molar-refractivity contribution is 0.560. The van der Waals surface area contributed by atoms with E-state index in [1.54, 1.807) is 0 Å². The summed E-state index contributed by atoms with van der Waals surface area (Å²) in [5, 5.41) is 0. The summed E-state index contributed by atoms with van der Waals surface area (Å²) in [4.78, 5) is -0.315. The molecular weight excluding hydrogens is 285 g/mol. The van der Waals surface area contributed by atoms with Gasteiger partial charge in [-0.25, -0.2) is 17.5 Å². The highest BCUT2D eigenvalue weighted by molar-refractivity contribution is 9.10. The van der Waals surface area contributed by atoms with Crippen molar-refractivity contribution < 1.29 is 12.8 Å². The van der Waals surface area contributed by atoms with Crippen LogP contribution in [0.25, 0.3) is 0 Å². The van der Waals surface area contributed by atoms with Crippen LogP contribution in [-0.2, 0) is 10.0 Å². The van der Waals surface area contributed by atoms with Crippen LogP contribution < -0.4 is 4.72 Å². The van der Waals surface area contributed by atoms with E-state index in [2.05, 4.69) is 20.7 Å². The molecule has 1 saturated carbocycles. The Morgan fingerprint density at radius 3 is 2.53 bits per heavy atom. The van der Waals surface area contributed by atoms with Gasteiger partial charge in [0.15, 0.2) is 0 Å². The van der Waals surface area contributed by atoms with Gasteiger partial charge in [0.1, 0.15) is 10.7 Å². The van der Waals surface area contributed by atoms with E-state index in [4.69, 9.17) is 0 Å². The molecule has 0 spiro atoms. The number of benzene rings is 1. The Bertz CT molecular complexity index is 485. The fraction of sp³-hybridized carbons (Fsp3) is 0.222. The first kappa shape index (κ1) is 11.0. The summed E-state index contributed by atoms with van der Waals surface area (Å²) < 4.78 is 39.5. The standard InChI is InChI=1S/C9H8BrFNO2S/c10-6-1-4-9(8(11)5-6)15(13,14)12-7-2-3-7/h1,4-5,12H,2-3H2. The van der Waals surface area contributed by atoms with Gasteiger partial charge in [0.05, 0.1) is 6.04 Å². The first-order valence-electron chi connectivity index (χ1n) is 4.31. The molecule has 1 aromatic carbocycles. The van der Waals surface area contributed by atoms with E-state index >= 15 is 0 Å². The van der Waals surface area contributed by atoms with Gasteiger partial charge >= 0.3 is 0 Å². The van der Waals surface area contributed by atoms with Gasteiger partial charge < -0.3 is 0 Å². The summed E-state index contributed by atoms with van der Waals surface area (Å²) in [5.41, 5.74) is 0. The fourth-order valence-corrected chi connectivity index (χ4v) is 2.69. The van der Waals surface area contributed by atoms with Gasteiger partial charge in [0, 0.05) is 4.47 Å². The zero-order valence-corrected chi connectivity index (χ0v) is 10.0. The van der Waals surface area contributed by atoms with Crippen LogP contribution in [0.5, 0.6) is 0 Å². The van der Waals surface area contributed by atoms with Crippen molar-refractivity contribution in [3.8, 4) is 0 Å². The molecule has 15 heavy (non-hydrogen) atoms. The molecule has 1 N–H and O–H groups in total. The molecule has 0 heterocycles. The molecular formula is C9H8BrFNO2S. The largest absolute Gasteiger partial charge is 0.244 e. The third-order valence-corrected chi connectivity index (χ3v) is 3.92. The molecule has 0 amide bonds. The molecule has 3 nitrogen and oxygen atoms in total. The Labute approximate surface area is 95.9 Å². The van der Waals surface area contributed by atoms with Crippen molar-refractivity contribution in [3.05, 3.63) is 34.5 Å². The number of hydrogen-bond acceptors (Lipinski definition) is 2. The Morgan fingerprint density at radius 1 is 1.33 bits per heavy atom. The first-order chi connectivity index (χ1) is 6.99. The van der Waals surface area contributed by atoms with Crippen molar-refractivity contribution in [1.29, 1.82) is 0 Å². The van der Waals surface area contributed by atoms with Crippen LogP contribution >= 0.6 is 15.9 Å². The first-order valence-corrected chi connectivity index (χ1v) is 6.59. The van der Waals surface area contributed by atoms with Gasteiger partial charge in [-0.05, 0) is 31.0 Å². The monoisotopic (exact) mass is 292 g/mol. The van der Waals surface area contributed by atoms with E-state index in [9.17, 15) is 12.8 Å². The molecule has 1 radical (unpaired) electrons. The maximum atomic E-state index is 13.4. The smallest absolute Gasteiger partial charge is 0.207 e. The molecule has 1 aliphatic rings. The van der Waals surface area contributed by atoms with Crippen LogP contribution in [0, 0.1) is 11.9 Å². The Kier molecular flexibility index (Phi) is 2.83. The lowest BCUT2D eigenvalue weighted by atomic mass is 10.3. The minimum atomic E-state index is -3.73. The molecule has 1 aromatic rings. The van der Waals surface area contributed by atoms with Crippen LogP contribution in [0.1, 0.15) is 12.8 Å². The number of halogens is 2. The average molecular weight is 293 g/mol. The molecule has 6 heteroatoms. The van der Waals surface area contributed by atoms with E-state index in [-0.39, 0.29) is 4.90 Å². The second kappa shape index (κ2) is 3.84. The lowest BCUT2D eigenvalue weighted by Crippen LogP contribution is -2.22. The summed E-state index contributed by atoms with van der Waals surface area (Å²) >= 11 is 3.07. The van der Waals surface area contributed by atoms with E-state index in [1.807, 2.05) is 0 Å². The highest BCUT2D eigenvalue weighted by Gasteiger charge is 2.30. The lowest BCUT2D eigenvalue weighted by Gasteiger charge is -2.05. The van der Waals surface area contributed by atoms with Crippen molar-refractivity contribution >= 4 is 26.0 Å². The number of sulfonamides is 1. The fourth-order valence-electron chi connectivity index (χ4n) is 1.10. The predicted molar refractivity (Wildman–Crippen MR) is 56.9 cm³/mol. The van der Waals surface area contributed by atoms with Crippen molar-refractivity contribution in [1.82, 2.24) is 4.72 Å². The van der Waals surface area contributed by atoms with Crippen molar-refractivity contribution in [2.45, 2.75) is 17.7 Å². The van der Waals surface area contributed by atoms with Gasteiger partial charge in [0.25, 0.3) is 0 Å². The number of hydrogen-bond donors (Lipinski definition) is 1. The molecule has 0 saturated heterocycles. The predicted octanol–water partition coefficient (Wildman–Crippen LogP) is 2.19. The average Bonchev–Trinajstić information content (AvgIpc) is 2.86. The van der Waals surface area contributed by atoms with Crippen LogP contribution in [0.3, 0.4) is 0 Å². The zero-order chi connectivity index (χ0) is 11.1. The summed E-state index contributed by atoms with van der Waals surface area (Å²) in [7, 11) is -3.73. The van der Waals surface area contributed by atoms with Gasteiger partial charge in [-0.15, -0.1) is 0 Å². The third kappa shape index (κ3) is 2.56. The molecule has 0 aromatic heterocycles. The second-order valence-electron chi connectivity index (χ2n) is 3.28. The minimum Gasteiger partial charge on any atom is -0.207 e.